The molecule has 0 atom stereocenters. The highest BCUT2D eigenvalue weighted by Gasteiger charge is 2.13. The molecule has 0 saturated heterocycles. The molecule has 1 heterocycles. The smallest absolute Gasteiger partial charge is 0.263 e. The van der Waals surface area contributed by atoms with Gasteiger partial charge in [0, 0.05) is 18.5 Å². The zero-order valence-corrected chi connectivity index (χ0v) is 13.8. The van der Waals surface area contributed by atoms with E-state index >= 15 is 0 Å². The predicted molar refractivity (Wildman–Crippen MR) is 93.8 cm³/mol. The predicted octanol–water partition coefficient (Wildman–Crippen LogP) is 1.87. The number of H-pyrrole nitrogens is 1. The fourth-order valence-corrected chi connectivity index (χ4v) is 2.17. The van der Waals surface area contributed by atoms with Gasteiger partial charge in [-0.3, -0.25) is 14.4 Å². The van der Waals surface area contributed by atoms with Crippen molar-refractivity contribution in [3.8, 4) is 5.75 Å². The van der Waals surface area contributed by atoms with E-state index in [1.807, 2.05) is 0 Å². The van der Waals surface area contributed by atoms with E-state index in [0.717, 1.165) is 0 Å². The number of hydrogen-bond acceptors (Lipinski definition) is 5. The second kappa shape index (κ2) is 8.07. The Bertz CT molecular complexity index is 866. The third-order valence-corrected chi connectivity index (χ3v) is 3.29. The Labute approximate surface area is 144 Å². The number of ether oxygens (including phenoxy) is 1. The standard InChI is InChI=1S/C18H18N2O5/c1-11-9-15(22)17(18(24)19-11)14(21)8-5-12-3-6-13(7-4-12)20-16(23)10-25-2/h3-9H,10H2,1-2H3,(H,20,23)(H2,19,22,24). The van der Waals surface area contributed by atoms with Crippen LogP contribution in [0.25, 0.3) is 6.08 Å². The summed E-state index contributed by atoms with van der Waals surface area (Å²) in [7, 11) is 1.43. The molecule has 0 saturated carbocycles. The van der Waals surface area contributed by atoms with Crippen LogP contribution in [0, 0.1) is 6.92 Å². The van der Waals surface area contributed by atoms with Gasteiger partial charge in [0.05, 0.1) is 0 Å². The van der Waals surface area contributed by atoms with Crippen molar-refractivity contribution < 1.29 is 19.4 Å². The number of pyridine rings is 1. The summed E-state index contributed by atoms with van der Waals surface area (Å²) in [5, 5.41) is 12.4. The molecule has 3 N–H and O–H groups in total. The monoisotopic (exact) mass is 342 g/mol. The van der Waals surface area contributed by atoms with E-state index in [4.69, 9.17) is 4.74 Å². The molecule has 1 aromatic carbocycles. The van der Waals surface area contributed by atoms with E-state index < -0.39 is 11.3 Å². The molecule has 0 spiro atoms. The number of aromatic nitrogens is 1. The molecular weight excluding hydrogens is 324 g/mol. The molecule has 1 amide bonds. The van der Waals surface area contributed by atoms with Crippen molar-refractivity contribution in [2.45, 2.75) is 6.92 Å². The van der Waals surface area contributed by atoms with Gasteiger partial charge >= 0.3 is 0 Å². The quantitative estimate of drug-likeness (QED) is 0.548. The maximum atomic E-state index is 12.1. The fourth-order valence-electron chi connectivity index (χ4n) is 2.17. The van der Waals surface area contributed by atoms with Crippen molar-refractivity contribution >= 4 is 23.5 Å². The fraction of sp³-hybridized carbons (Fsp3) is 0.167. The van der Waals surface area contributed by atoms with Crippen molar-refractivity contribution in [2.75, 3.05) is 19.0 Å². The Hall–Kier alpha value is -3.19. The van der Waals surface area contributed by atoms with Gasteiger partial charge in [0.15, 0.2) is 5.78 Å². The maximum Gasteiger partial charge on any atom is 0.263 e. The van der Waals surface area contributed by atoms with Gasteiger partial charge in [-0.15, -0.1) is 0 Å². The number of ketones is 1. The summed E-state index contributed by atoms with van der Waals surface area (Å²) in [4.78, 5) is 37.8. The highest BCUT2D eigenvalue weighted by atomic mass is 16.5. The average Bonchev–Trinajstić information content (AvgIpc) is 2.53. The lowest BCUT2D eigenvalue weighted by Crippen LogP contribution is -2.17. The van der Waals surface area contributed by atoms with Gasteiger partial charge in [-0.2, -0.15) is 0 Å². The molecule has 2 aromatic rings. The average molecular weight is 342 g/mol. The Morgan fingerprint density at radius 2 is 1.96 bits per heavy atom. The SMILES string of the molecule is COCC(=O)Nc1ccc(C=CC(=O)c2c(O)cc(C)[nH]c2=O)cc1. The van der Waals surface area contributed by atoms with Gasteiger partial charge in [-0.1, -0.05) is 18.2 Å². The van der Waals surface area contributed by atoms with E-state index in [-0.39, 0.29) is 23.8 Å². The van der Waals surface area contributed by atoms with Crippen LogP contribution in [0.5, 0.6) is 5.75 Å². The van der Waals surface area contributed by atoms with Gasteiger partial charge in [0.25, 0.3) is 5.56 Å². The molecule has 0 bridgehead atoms. The maximum absolute atomic E-state index is 12.1. The van der Waals surface area contributed by atoms with Gasteiger partial charge in [-0.25, -0.2) is 0 Å². The number of aromatic amines is 1. The molecule has 7 nitrogen and oxygen atoms in total. The second-order valence-corrected chi connectivity index (χ2v) is 5.34. The van der Waals surface area contributed by atoms with Crippen molar-refractivity contribution in [1.29, 1.82) is 0 Å². The number of nitrogens with one attached hydrogen (secondary N) is 2. The molecule has 1 aromatic heterocycles. The van der Waals surface area contributed by atoms with Crippen LogP contribution < -0.4 is 10.9 Å². The molecule has 130 valence electrons. The zero-order valence-electron chi connectivity index (χ0n) is 13.8. The Balaban J connectivity index is 2.10. The Morgan fingerprint density at radius 3 is 2.56 bits per heavy atom. The molecular formula is C18H18N2O5. The molecule has 0 fully saturated rings. The highest BCUT2D eigenvalue weighted by molar-refractivity contribution is 6.08. The number of aryl methyl sites for hydroxylation is 1. The Kier molecular flexibility index (Phi) is 5.86. The third kappa shape index (κ3) is 4.89. The summed E-state index contributed by atoms with van der Waals surface area (Å²) in [6.45, 7) is 1.57. The number of amides is 1. The first kappa shape index (κ1) is 18.2. The second-order valence-electron chi connectivity index (χ2n) is 5.34. The van der Waals surface area contributed by atoms with Crippen LogP contribution in [0.4, 0.5) is 5.69 Å². The third-order valence-electron chi connectivity index (χ3n) is 3.29. The number of carbonyl (C=O) groups is 2. The molecule has 2 rings (SSSR count). The van der Waals surface area contributed by atoms with Crippen LogP contribution >= 0.6 is 0 Å². The molecule has 7 heteroatoms. The van der Waals surface area contributed by atoms with E-state index in [9.17, 15) is 19.5 Å². The minimum absolute atomic E-state index is 0.0370. The van der Waals surface area contributed by atoms with Gasteiger partial charge < -0.3 is 20.1 Å². The molecule has 0 aliphatic heterocycles. The van der Waals surface area contributed by atoms with E-state index in [2.05, 4.69) is 10.3 Å². The number of carbonyl (C=O) groups excluding carboxylic acids is 2. The van der Waals surface area contributed by atoms with E-state index in [0.29, 0.717) is 16.9 Å². The number of benzene rings is 1. The molecule has 0 unspecified atom stereocenters. The first-order valence-electron chi connectivity index (χ1n) is 7.45. The van der Waals surface area contributed by atoms with Crippen LogP contribution in [0.2, 0.25) is 0 Å². The van der Waals surface area contributed by atoms with E-state index in [1.165, 1.54) is 25.3 Å². The van der Waals surface area contributed by atoms with Crippen LogP contribution in [-0.4, -0.2) is 35.5 Å². The lowest BCUT2D eigenvalue weighted by Gasteiger charge is -2.04. The van der Waals surface area contributed by atoms with Crippen LogP contribution in [0.3, 0.4) is 0 Å². The van der Waals surface area contributed by atoms with Gasteiger partial charge in [0.2, 0.25) is 5.91 Å². The lowest BCUT2D eigenvalue weighted by atomic mass is 10.1. The van der Waals surface area contributed by atoms with Crippen LogP contribution in [-0.2, 0) is 9.53 Å². The Morgan fingerprint density at radius 1 is 1.28 bits per heavy atom. The van der Waals surface area contributed by atoms with Gasteiger partial charge in [0.1, 0.15) is 17.9 Å². The molecule has 0 radical (unpaired) electrons. The zero-order chi connectivity index (χ0) is 18.4. The number of allylic oxidation sites excluding steroid dienone is 1. The van der Waals surface area contributed by atoms with Crippen LogP contribution in [0.15, 0.2) is 41.2 Å². The number of rotatable bonds is 6. The number of anilines is 1. The summed E-state index contributed by atoms with van der Waals surface area (Å²) in [6, 6.07) is 8.07. The number of methoxy groups -OCH3 is 1. The molecule has 25 heavy (non-hydrogen) atoms. The summed E-state index contributed by atoms with van der Waals surface area (Å²) in [6.07, 6.45) is 2.72. The topological polar surface area (TPSA) is 108 Å². The van der Waals surface area contributed by atoms with Crippen molar-refractivity contribution in [3.63, 3.8) is 0 Å². The van der Waals surface area contributed by atoms with E-state index in [1.54, 1.807) is 31.2 Å². The van der Waals surface area contributed by atoms with Crippen molar-refractivity contribution in [3.05, 3.63) is 63.6 Å². The summed E-state index contributed by atoms with van der Waals surface area (Å²) >= 11 is 0. The largest absolute Gasteiger partial charge is 0.507 e. The lowest BCUT2D eigenvalue weighted by molar-refractivity contribution is -0.119. The molecule has 0 aliphatic carbocycles. The highest BCUT2D eigenvalue weighted by Crippen LogP contribution is 2.15. The number of aromatic hydroxyl groups is 1. The normalized spacial score (nSPS) is 10.8. The number of hydrogen-bond donors (Lipinski definition) is 3. The van der Waals surface area contributed by atoms with Crippen molar-refractivity contribution in [2.24, 2.45) is 0 Å². The van der Waals surface area contributed by atoms with Crippen molar-refractivity contribution in [1.82, 2.24) is 4.98 Å². The summed E-state index contributed by atoms with van der Waals surface area (Å²) in [5.74, 6) is -1.22. The van der Waals surface area contributed by atoms with Crippen LogP contribution in [0.1, 0.15) is 21.6 Å². The summed E-state index contributed by atoms with van der Waals surface area (Å²) in [5.41, 5.74) is 0.821. The first-order valence-corrected chi connectivity index (χ1v) is 7.45. The minimum atomic E-state index is -0.636. The summed E-state index contributed by atoms with van der Waals surface area (Å²) < 4.78 is 4.72. The minimum Gasteiger partial charge on any atom is -0.507 e. The first-order chi connectivity index (χ1) is 11.9. The molecule has 0 aliphatic rings. The van der Waals surface area contributed by atoms with Gasteiger partial charge in [-0.05, 0) is 36.8 Å².